The monoisotopic (exact) mass is 1810 g/mol. The zero-order valence-electron chi connectivity index (χ0n) is 73.8. The number of hydrogen-bond acceptors (Lipinski definition) is 27. The molecule has 19 rings (SSSR count). The van der Waals surface area contributed by atoms with Crippen LogP contribution in [0.1, 0.15) is 231 Å². The number of benzene rings is 6. The van der Waals surface area contributed by atoms with Gasteiger partial charge in [0.15, 0.2) is 46.2 Å². The standard InChI is InChI=1S/C18H20N2O3.C17H17FN2O2.C17H16N2O4.2C17H18N2O2.C16H14ClFN2O2/c1-12-5-14(7-15(6-12)23-2)18(3-4-18)8-17-19-9-13(10-20-17)16(22)11-21;1-11-2-3-14(18)13(6-11)17(4-5-17)7-16-19-8-12(9-20-16)15(22)10-21;20-9-13(21)11-7-18-16(19-8-11)6-17(3-4-17)12-1-2-14-15(5-12)23-10-22-14;1-12-4-2-3-5-14(12)17(6-7-17)8-16-18-9-13(10-19-16)15(21)11-20;20-12-15(21)13-10-18-16(19-11-13)9-17(7-4-8-17)14-5-2-1-3-6-14;17-12-5-11(1-2-13(12)18)16(3-4-16)6-15-19-7-10(8-20-15)14(22)9-21/h5-7,9-10,21H,3-4,8,11H2,1-2H3;2-3,6,8-9,21H,4-5,7,10H2,1H3;1-2,5,7-8,20H,3-4,6,9-10H2;2-5,9-10,20H,6-8,11H2,1H3;1-3,5-6,10-11,20H,4,7-9,12H2;1-2,5,7-8,21H,3-4,6,9H2. The second kappa shape index (κ2) is 42.1. The number of hydrogen-bond donors (Lipinski definition) is 6. The zero-order valence-corrected chi connectivity index (χ0v) is 74.6. The summed E-state index contributed by atoms with van der Waals surface area (Å²) in [5.41, 5.74) is 12.5. The summed E-state index contributed by atoms with van der Waals surface area (Å²) < 4.78 is 43.6. The molecule has 0 saturated heterocycles. The second-order valence-electron chi connectivity index (χ2n) is 35.0. The highest BCUT2D eigenvalue weighted by molar-refractivity contribution is 6.30. The van der Waals surface area contributed by atoms with Crippen molar-refractivity contribution in [3.8, 4) is 17.2 Å². The molecule has 6 saturated carbocycles. The number of fused-ring (bicyclic) bond motifs is 1. The molecule has 682 valence electrons. The Hall–Kier alpha value is -12.9. The summed E-state index contributed by atoms with van der Waals surface area (Å²) in [7, 11) is 1.68. The lowest BCUT2D eigenvalue weighted by Crippen LogP contribution is -2.37. The number of halogens is 3. The van der Waals surface area contributed by atoms with Crippen molar-refractivity contribution in [1.82, 2.24) is 59.8 Å². The van der Waals surface area contributed by atoms with Crippen LogP contribution in [-0.4, -0.2) is 179 Å². The Labute approximate surface area is 767 Å². The van der Waals surface area contributed by atoms with Gasteiger partial charge in [-0.25, -0.2) is 68.6 Å². The van der Waals surface area contributed by atoms with Crippen molar-refractivity contribution in [2.24, 2.45) is 0 Å². The molecule has 0 amide bonds. The minimum Gasteiger partial charge on any atom is -0.497 e. The average Bonchev–Trinajstić information content (AvgIpc) is 1.58. The predicted octanol–water partition coefficient (Wildman–Crippen LogP) is 13.5. The molecule has 0 unspecified atom stereocenters. The quantitative estimate of drug-likeness (QED) is 0.0220. The van der Waals surface area contributed by atoms with Gasteiger partial charge in [0.05, 0.1) is 45.5 Å². The molecule has 7 aliphatic rings. The van der Waals surface area contributed by atoms with Crippen molar-refractivity contribution in [3.05, 3.63) is 337 Å². The van der Waals surface area contributed by atoms with E-state index in [0.29, 0.717) is 58.1 Å². The van der Waals surface area contributed by atoms with Crippen LogP contribution in [0, 0.1) is 32.4 Å². The Morgan fingerprint density at radius 1 is 0.333 bits per heavy atom. The van der Waals surface area contributed by atoms with Gasteiger partial charge in [-0.15, -0.1) is 0 Å². The highest BCUT2D eigenvalue weighted by Crippen LogP contribution is 2.56. The SMILES string of the molecule is COc1cc(C)cc(C2(Cc3ncc(C(=O)CO)cn3)CC2)c1.Cc1ccc(F)c(C2(Cc3ncc(C(=O)CO)cn3)CC2)c1.Cc1ccccc1C1(Cc2ncc(C(=O)CO)cn2)CC1.O=C(CO)c1cnc(CC2(c3ccc(F)c(Cl)c3)CC2)nc1.O=C(CO)c1cnc(CC2(c3ccc4c(c3)OCO4)CC2)nc1.O=C(CO)c1cnc(CC2(c3ccccc3)CCC2)nc1. The molecule has 0 bridgehead atoms. The largest absolute Gasteiger partial charge is 0.497 e. The number of carbonyl (C=O) groups is 6. The number of ketones is 6. The number of carbonyl (C=O) groups excluding carboxylic acids is 6. The molecule has 1 aliphatic heterocycles. The van der Waals surface area contributed by atoms with Crippen molar-refractivity contribution >= 4 is 46.3 Å². The van der Waals surface area contributed by atoms with Crippen molar-refractivity contribution in [2.45, 2.75) is 175 Å². The van der Waals surface area contributed by atoms with E-state index in [1.165, 1.54) is 126 Å². The molecule has 7 heterocycles. The number of rotatable bonds is 31. The molecule has 6 aromatic carbocycles. The maximum absolute atomic E-state index is 14.1. The Bertz CT molecular complexity index is 6100. The molecular formula is C102H103ClF2N12O15. The van der Waals surface area contributed by atoms with Crippen LogP contribution in [0.15, 0.2) is 202 Å². The van der Waals surface area contributed by atoms with Crippen LogP contribution >= 0.6 is 11.6 Å². The van der Waals surface area contributed by atoms with Crippen LogP contribution in [-0.2, 0) is 71.0 Å². The minimum atomic E-state index is -0.555. The van der Waals surface area contributed by atoms with Crippen LogP contribution in [0.2, 0.25) is 5.02 Å². The summed E-state index contributed by atoms with van der Waals surface area (Å²) in [5.74, 6) is 3.75. The molecule has 12 aromatic rings. The lowest BCUT2D eigenvalue weighted by atomic mass is 9.62. The molecule has 6 aromatic heterocycles. The summed E-state index contributed by atoms with van der Waals surface area (Å²) in [4.78, 5) is 119. The molecule has 0 spiro atoms. The highest BCUT2D eigenvalue weighted by Gasteiger charge is 2.50. The summed E-state index contributed by atoms with van der Waals surface area (Å²) in [6.07, 6.45) is 35.9. The van der Waals surface area contributed by atoms with Crippen LogP contribution in [0.25, 0.3) is 0 Å². The van der Waals surface area contributed by atoms with Gasteiger partial charge in [-0.2, -0.15) is 0 Å². The van der Waals surface area contributed by atoms with Gasteiger partial charge in [0.25, 0.3) is 0 Å². The van der Waals surface area contributed by atoms with Gasteiger partial charge in [-0.3, -0.25) is 28.8 Å². The van der Waals surface area contributed by atoms with Gasteiger partial charge < -0.3 is 44.8 Å². The first-order valence-electron chi connectivity index (χ1n) is 43.8. The summed E-state index contributed by atoms with van der Waals surface area (Å²) in [6, 6.07) is 41.3. The molecule has 6 fully saturated rings. The number of aromatic nitrogens is 12. The Kier molecular flexibility index (Phi) is 30.4. The van der Waals surface area contributed by atoms with Gasteiger partial charge in [0.1, 0.15) is 92.0 Å². The van der Waals surface area contributed by atoms with Crippen LogP contribution in [0.4, 0.5) is 8.78 Å². The fourth-order valence-electron chi connectivity index (χ4n) is 16.8. The van der Waals surface area contributed by atoms with Crippen LogP contribution in [0.5, 0.6) is 17.2 Å². The van der Waals surface area contributed by atoms with E-state index in [4.69, 9.17) is 56.5 Å². The van der Waals surface area contributed by atoms with Crippen LogP contribution < -0.4 is 14.2 Å². The minimum absolute atomic E-state index is 0.0451. The van der Waals surface area contributed by atoms with E-state index in [9.17, 15) is 37.5 Å². The first-order chi connectivity index (χ1) is 63.7. The maximum Gasteiger partial charge on any atom is 0.231 e. The van der Waals surface area contributed by atoms with Crippen LogP contribution in [0.3, 0.4) is 0 Å². The number of aliphatic hydroxyl groups excluding tert-OH is 6. The van der Waals surface area contributed by atoms with E-state index in [-0.39, 0.29) is 78.8 Å². The molecule has 0 atom stereocenters. The number of nitrogens with zero attached hydrogens (tertiary/aromatic N) is 12. The zero-order chi connectivity index (χ0) is 93.4. The molecule has 30 heteroatoms. The van der Waals surface area contributed by atoms with E-state index >= 15 is 0 Å². The molecule has 6 N–H and O–H groups in total. The van der Waals surface area contributed by atoms with Gasteiger partial charge in [-0.05, 0) is 185 Å². The van der Waals surface area contributed by atoms with E-state index in [1.54, 1.807) is 25.3 Å². The number of Topliss-reactive ketones (excluding diaryl/α,β-unsaturated/α-hetero) is 6. The first-order valence-corrected chi connectivity index (χ1v) is 44.2. The van der Waals surface area contributed by atoms with E-state index < -0.39 is 57.0 Å². The summed E-state index contributed by atoms with van der Waals surface area (Å²) >= 11 is 5.85. The van der Waals surface area contributed by atoms with Crippen molar-refractivity contribution in [2.75, 3.05) is 53.5 Å². The second-order valence-corrected chi connectivity index (χ2v) is 35.4. The van der Waals surface area contributed by atoms with Crippen molar-refractivity contribution in [1.29, 1.82) is 0 Å². The normalized spacial score (nSPS) is 15.9. The van der Waals surface area contributed by atoms with Crippen molar-refractivity contribution < 1.29 is 82.4 Å². The smallest absolute Gasteiger partial charge is 0.231 e. The molecule has 27 nitrogen and oxygen atoms in total. The van der Waals surface area contributed by atoms with E-state index in [0.717, 1.165) is 154 Å². The summed E-state index contributed by atoms with van der Waals surface area (Å²) in [6.45, 7) is 3.27. The Morgan fingerprint density at radius 3 is 1.02 bits per heavy atom. The first kappa shape index (κ1) is 95.2. The third kappa shape index (κ3) is 23.3. The van der Waals surface area contributed by atoms with E-state index in [2.05, 4.69) is 140 Å². The third-order valence-electron chi connectivity index (χ3n) is 25.8. The van der Waals surface area contributed by atoms with Gasteiger partial charge in [0, 0.05) is 145 Å². The fourth-order valence-corrected chi connectivity index (χ4v) is 17.0. The third-order valence-corrected chi connectivity index (χ3v) is 26.1. The highest BCUT2D eigenvalue weighted by atomic mass is 35.5. The molecule has 132 heavy (non-hydrogen) atoms. The number of aliphatic hydroxyl groups is 6. The number of ether oxygens (including phenoxy) is 3. The van der Waals surface area contributed by atoms with E-state index in [1.807, 2.05) is 37.3 Å². The van der Waals surface area contributed by atoms with Gasteiger partial charge in [0.2, 0.25) is 6.79 Å². The maximum atomic E-state index is 14.1. The van der Waals surface area contributed by atoms with Gasteiger partial charge in [-0.1, -0.05) is 109 Å². The summed E-state index contributed by atoms with van der Waals surface area (Å²) in [5, 5.41) is 53.1. The molecule has 6 aliphatic carbocycles. The average molecular weight is 1810 g/mol. The Balaban J connectivity index is 0.000000127. The van der Waals surface area contributed by atoms with Gasteiger partial charge >= 0.3 is 0 Å². The predicted molar refractivity (Wildman–Crippen MR) is 483 cm³/mol. The number of aryl methyl sites for hydroxylation is 3. The van der Waals surface area contributed by atoms with Crippen molar-refractivity contribution in [3.63, 3.8) is 0 Å². The molecule has 0 radical (unpaired) electrons. The topological polar surface area (TPSA) is 406 Å². The lowest BCUT2D eigenvalue weighted by Gasteiger charge is -2.42. The molecular weight excluding hydrogens is 1710 g/mol. The number of methoxy groups -OCH3 is 1. The Morgan fingerprint density at radius 2 is 0.667 bits per heavy atom. The fraction of sp³-hybridized carbons (Fsp3) is 0.353. The lowest BCUT2D eigenvalue weighted by molar-refractivity contribution is 0.0897.